The first-order valence-corrected chi connectivity index (χ1v) is 26.8. The fourth-order valence-electron chi connectivity index (χ4n) is 9.43. The number of hydrogen-bond acceptors (Lipinski definition) is 18. The third-order valence-electron chi connectivity index (χ3n) is 13.9. The number of aliphatic hydroxyl groups is 11. The summed E-state index contributed by atoms with van der Waals surface area (Å²) in [5.41, 5.74) is 0. The molecule has 3 aliphatic rings. The third-order valence-corrected chi connectivity index (χ3v) is 13.9. The topological polar surface area (TPSA) is 307 Å². The van der Waals surface area contributed by atoms with Crippen molar-refractivity contribution in [3.8, 4) is 0 Å². The van der Waals surface area contributed by atoms with Crippen LogP contribution in [0.25, 0.3) is 0 Å². The summed E-state index contributed by atoms with van der Waals surface area (Å²) in [6.07, 6.45) is 2.95. The van der Waals surface area contributed by atoms with Crippen LogP contribution < -0.4 is 5.32 Å². The van der Waals surface area contributed by atoms with E-state index in [1.807, 2.05) is 0 Å². The number of aliphatic hydroxyl groups excluding tert-OH is 11. The van der Waals surface area contributed by atoms with Crippen molar-refractivity contribution in [2.45, 2.75) is 285 Å². The van der Waals surface area contributed by atoms with Gasteiger partial charge in [-0.25, -0.2) is 0 Å². The van der Waals surface area contributed by atoms with Crippen molar-refractivity contribution in [1.29, 1.82) is 0 Å². The molecule has 3 saturated heterocycles. The molecule has 69 heavy (non-hydrogen) atoms. The van der Waals surface area contributed by atoms with E-state index in [-0.39, 0.29) is 18.9 Å². The van der Waals surface area contributed by atoms with E-state index in [4.69, 9.17) is 28.4 Å². The predicted octanol–water partition coefficient (Wildman–Crippen LogP) is 2.48. The van der Waals surface area contributed by atoms with Crippen molar-refractivity contribution in [2.75, 3.05) is 26.4 Å². The minimum absolute atomic E-state index is 0.260. The van der Waals surface area contributed by atoms with Crippen molar-refractivity contribution >= 4 is 5.91 Å². The Labute approximate surface area is 411 Å². The van der Waals surface area contributed by atoms with Gasteiger partial charge in [0.05, 0.1) is 38.6 Å². The lowest BCUT2D eigenvalue weighted by molar-refractivity contribution is -0.379. The molecule has 12 N–H and O–H groups in total. The standard InChI is InChI=1S/C50H95NO18/c1-3-5-7-9-10-11-12-13-14-15-16-17-18-19-20-21-22-23-24-25-27-34(55)33(51-38(56)28-26-8-6-4-2)32-64-48-44(62)41(59)46(36(30-53)66-48)69-50-45(63)42(60)47(37(31-54)67-50)68-49-43(61)40(58)39(57)35(29-52)65-49/h33-37,39-50,52-55,57-63H,3-32H2,1-2H3,(H,51,56). The minimum Gasteiger partial charge on any atom is -0.394 e. The van der Waals surface area contributed by atoms with Gasteiger partial charge in [0.15, 0.2) is 18.9 Å². The molecule has 0 aromatic rings. The van der Waals surface area contributed by atoms with Gasteiger partial charge in [0.2, 0.25) is 5.91 Å². The highest BCUT2D eigenvalue weighted by atomic mass is 16.8. The van der Waals surface area contributed by atoms with Crippen LogP contribution in [0.15, 0.2) is 0 Å². The largest absolute Gasteiger partial charge is 0.394 e. The normalized spacial score (nSPS) is 32.8. The average Bonchev–Trinajstić information content (AvgIpc) is 3.34. The number of nitrogens with one attached hydrogen (secondary N) is 1. The maximum absolute atomic E-state index is 13.0. The molecule has 0 aromatic heterocycles. The molecule has 3 heterocycles. The first-order valence-electron chi connectivity index (χ1n) is 26.8. The molecule has 0 radical (unpaired) electrons. The van der Waals surface area contributed by atoms with Crippen molar-refractivity contribution in [3.63, 3.8) is 0 Å². The Hall–Kier alpha value is -1.21. The van der Waals surface area contributed by atoms with Gasteiger partial charge >= 0.3 is 0 Å². The Bertz CT molecular complexity index is 1290. The Balaban J connectivity index is 1.44. The molecule has 0 spiro atoms. The summed E-state index contributed by atoms with van der Waals surface area (Å²) < 4.78 is 34.1. The van der Waals surface area contributed by atoms with E-state index in [1.165, 1.54) is 103 Å². The number of carbonyl (C=O) groups is 1. The van der Waals surface area contributed by atoms with Crippen LogP contribution in [0.2, 0.25) is 0 Å². The number of unbranched alkanes of at least 4 members (excludes halogenated alkanes) is 22. The van der Waals surface area contributed by atoms with E-state index in [1.54, 1.807) is 0 Å². The van der Waals surface area contributed by atoms with Gasteiger partial charge in [-0.1, -0.05) is 162 Å². The fraction of sp³-hybridized carbons (Fsp3) is 0.980. The second-order valence-electron chi connectivity index (χ2n) is 19.7. The lowest BCUT2D eigenvalue weighted by Crippen LogP contribution is -2.66. The summed E-state index contributed by atoms with van der Waals surface area (Å²) in [4.78, 5) is 13.0. The lowest BCUT2D eigenvalue weighted by Gasteiger charge is -2.48. The molecule has 19 nitrogen and oxygen atoms in total. The zero-order chi connectivity index (χ0) is 50.6. The first kappa shape index (κ1) is 62.1. The van der Waals surface area contributed by atoms with E-state index >= 15 is 0 Å². The summed E-state index contributed by atoms with van der Waals surface area (Å²) in [6, 6.07) is -0.876. The molecule has 3 aliphatic heterocycles. The van der Waals surface area contributed by atoms with Crippen molar-refractivity contribution in [2.24, 2.45) is 0 Å². The molecule has 0 aromatic carbocycles. The molecular weight excluding hydrogens is 903 g/mol. The van der Waals surface area contributed by atoms with E-state index < -0.39 is 124 Å². The molecule has 0 saturated carbocycles. The quantitative estimate of drug-likeness (QED) is 0.0396. The van der Waals surface area contributed by atoms with E-state index in [0.717, 1.165) is 44.9 Å². The minimum atomic E-state index is -1.97. The zero-order valence-electron chi connectivity index (χ0n) is 41.8. The number of rotatable bonds is 38. The Morgan fingerprint density at radius 2 is 0.826 bits per heavy atom. The summed E-state index contributed by atoms with van der Waals surface area (Å²) in [7, 11) is 0. The highest BCUT2D eigenvalue weighted by molar-refractivity contribution is 5.76. The average molecular weight is 998 g/mol. The predicted molar refractivity (Wildman–Crippen MR) is 254 cm³/mol. The molecule has 17 unspecified atom stereocenters. The second-order valence-corrected chi connectivity index (χ2v) is 19.7. The molecule has 19 heteroatoms. The van der Waals surface area contributed by atoms with E-state index in [0.29, 0.717) is 12.8 Å². The van der Waals surface area contributed by atoms with Gasteiger partial charge in [0.25, 0.3) is 0 Å². The van der Waals surface area contributed by atoms with Gasteiger partial charge in [-0.2, -0.15) is 0 Å². The highest BCUT2D eigenvalue weighted by Crippen LogP contribution is 2.33. The molecule has 0 aliphatic carbocycles. The smallest absolute Gasteiger partial charge is 0.220 e. The van der Waals surface area contributed by atoms with Crippen molar-refractivity contribution in [1.82, 2.24) is 5.32 Å². The van der Waals surface area contributed by atoms with Gasteiger partial charge in [0, 0.05) is 6.42 Å². The highest BCUT2D eigenvalue weighted by Gasteiger charge is 2.53. The molecule has 17 atom stereocenters. The molecule has 0 bridgehead atoms. The lowest BCUT2D eigenvalue weighted by atomic mass is 9.96. The van der Waals surface area contributed by atoms with Crippen LogP contribution in [-0.4, -0.2) is 193 Å². The van der Waals surface area contributed by atoms with E-state index in [9.17, 15) is 61.0 Å². The fourth-order valence-corrected chi connectivity index (χ4v) is 9.43. The van der Waals surface area contributed by atoms with E-state index in [2.05, 4.69) is 19.2 Å². The van der Waals surface area contributed by atoms with Gasteiger partial charge in [-0.15, -0.1) is 0 Å². The molecule has 3 rings (SSSR count). The van der Waals surface area contributed by atoms with Crippen molar-refractivity contribution < 1.29 is 89.4 Å². The van der Waals surface area contributed by atoms with Crippen LogP contribution in [0.3, 0.4) is 0 Å². The Morgan fingerprint density at radius 1 is 0.464 bits per heavy atom. The maximum atomic E-state index is 13.0. The van der Waals surface area contributed by atoms with Gasteiger partial charge in [0.1, 0.15) is 73.2 Å². The Morgan fingerprint density at radius 3 is 1.26 bits per heavy atom. The van der Waals surface area contributed by atoms with Gasteiger partial charge < -0.3 is 89.9 Å². The first-order chi connectivity index (χ1) is 33.3. The van der Waals surface area contributed by atoms with Crippen LogP contribution in [0.1, 0.15) is 181 Å². The van der Waals surface area contributed by atoms with Crippen LogP contribution >= 0.6 is 0 Å². The monoisotopic (exact) mass is 998 g/mol. The molecule has 3 fully saturated rings. The van der Waals surface area contributed by atoms with Crippen LogP contribution in [0.5, 0.6) is 0 Å². The number of carbonyl (C=O) groups excluding carboxylic acids is 1. The summed E-state index contributed by atoms with van der Waals surface area (Å²) in [6.45, 7) is 1.64. The summed E-state index contributed by atoms with van der Waals surface area (Å²) in [5.74, 6) is -0.260. The molecule has 1 amide bonds. The summed E-state index contributed by atoms with van der Waals surface area (Å²) >= 11 is 0. The molecular formula is C50H95NO18. The van der Waals surface area contributed by atoms with Crippen LogP contribution in [0.4, 0.5) is 0 Å². The Kier molecular flexibility index (Phi) is 32.3. The summed E-state index contributed by atoms with van der Waals surface area (Å²) in [5, 5.41) is 119. The van der Waals surface area contributed by atoms with Crippen LogP contribution in [0, 0.1) is 0 Å². The SMILES string of the molecule is CCCCCCCCCCCCCCCCCCCCCCC(O)C(COC1OC(CO)C(OC2OC(CO)C(OC3OC(CO)C(O)C(O)C3O)C(O)C2O)C(O)C1O)NC(=O)CCCCCC. The number of amides is 1. The zero-order valence-corrected chi connectivity index (χ0v) is 41.8. The number of hydrogen-bond donors (Lipinski definition) is 12. The maximum Gasteiger partial charge on any atom is 0.220 e. The van der Waals surface area contributed by atoms with Gasteiger partial charge in [-0.05, 0) is 12.8 Å². The van der Waals surface area contributed by atoms with Crippen molar-refractivity contribution in [3.05, 3.63) is 0 Å². The third kappa shape index (κ3) is 21.7. The number of ether oxygens (including phenoxy) is 6. The second kappa shape index (κ2) is 35.9. The van der Waals surface area contributed by atoms with Crippen LogP contribution in [-0.2, 0) is 33.2 Å². The molecule has 408 valence electrons. The van der Waals surface area contributed by atoms with Gasteiger partial charge in [-0.3, -0.25) is 4.79 Å².